The van der Waals surface area contributed by atoms with Gasteiger partial charge in [-0.05, 0) is 6.92 Å². The van der Waals surface area contributed by atoms with Gasteiger partial charge in [0.05, 0.1) is 12.3 Å². The van der Waals surface area contributed by atoms with E-state index in [2.05, 4.69) is 27.0 Å². The second-order valence-corrected chi connectivity index (χ2v) is 6.30. The number of thiazole rings is 1. The average molecular weight is 312 g/mol. The zero-order chi connectivity index (χ0) is 15.2. The Morgan fingerprint density at radius 1 is 1.57 bits per heavy atom. The molecular formula is C14H24N4O2S. The molecule has 1 aromatic rings. The highest BCUT2D eigenvalue weighted by Crippen LogP contribution is 2.18. The summed E-state index contributed by atoms with van der Waals surface area (Å²) in [7, 11) is 1.75. The lowest BCUT2D eigenvalue weighted by Crippen LogP contribution is -2.52. The van der Waals surface area contributed by atoms with Gasteiger partial charge in [0.15, 0.2) is 5.13 Å². The highest BCUT2D eigenvalue weighted by molar-refractivity contribution is 7.13. The Bertz CT molecular complexity index is 466. The van der Waals surface area contributed by atoms with Crippen LogP contribution in [-0.2, 0) is 16.1 Å². The fraction of sp³-hybridized carbons (Fsp3) is 0.714. The quantitative estimate of drug-likeness (QED) is 0.857. The third-order valence-corrected chi connectivity index (χ3v) is 4.46. The van der Waals surface area contributed by atoms with Crippen LogP contribution in [0.4, 0.5) is 5.13 Å². The Hall–Kier alpha value is -1.02. The van der Waals surface area contributed by atoms with Gasteiger partial charge in [-0.1, -0.05) is 0 Å². The second-order valence-electron chi connectivity index (χ2n) is 5.44. The second kappa shape index (κ2) is 7.84. The predicted molar refractivity (Wildman–Crippen MR) is 84.6 cm³/mol. The molecule has 2 heterocycles. The molecule has 0 aromatic carbocycles. The highest BCUT2D eigenvalue weighted by Gasteiger charge is 2.23. The molecule has 7 heteroatoms. The van der Waals surface area contributed by atoms with E-state index in [9.17, 15) is 4.79 Å². The molecule has 1 fully saturated rings. The van der Waals surface area contributed by atoms with Gasteiger partial charge >= 0.3 is 0 Å². The van der Waals surface area contributed by atoms with Crippen molar-refractivity contribution in [2.24, 2.45) is 0 Å². The van der Waals surface area contributed by atoms with Gasteiger partial charge in [-0.3, -0.25) is 14.6 Å². The summed E-state index contributed by atoms with van der Waals surface area (Å²) in [6.07, 6.45) is 0. The monoisotopic (exact) mass is 312 g/mol. The molecule has 1 saturated heterocycles. The number of anilines is 1. The van der Waals surface area contributed by atoms with Gasteiger partial charge in [0.25, 0.3) is 0 Å². The fourth-order valence-corrected chi connectivity index (χ4v) is 3.32. The van der Waals surface area contributed by atoms with E-state index in [0.717, 1.165) is 45.0 Å². The first kappa shape index (κ1) is 16.4. The Balaban J connectivity index is 1.82. The molecule has 1 aliphatic rings. The van der Waals surface area contributed by atoms with Crippen LogP contribution < -0.4 is 5.32 Å². The van der Waals surface area contributed by atoms with Crippen LogP contribution in [0.15, 0.2) is 5.38 Å². The van der Waals surface area contributed by atoms with Crippen molar-refractivity contribution in [2.45, 2.75) is 26.4 Å². The van der Waals surface area contributed by atoms with Gasteiger partial charge in [-0.15, -0.1) is 11.3 Å². The van der Waals surface area contributed by atoms with E-state index >= 15 is 0 Å². The molecule has 0 spiro atoms. The minimum absolute atomic E-state index is 0.0729. The van der Waals surface area contributed by atoms with Crippen molar-refractivity contribution in [3.63, 3.8) is 0 Å². The van der Waals surface area contributed by atoms with E-state index < -0.39 is 0 Å². The first-order chi connectivity index (χ1) is 10.1. The number of ether oxygens (including phenoxy) is 1. The molecule has 21 heavy (non-hydrogen) atoms. The first-order valence-corrected chi connectivity index (χ1v) is 8.13. The number of rotatable bonds is 6. The Morgan fingerprint density at radius 2 is 2.38 bits per heavy atom. The number of hydrogen-bond donors (Lipinski definition) is 1. The standard InChI is InChI=1S/C14H24N4O2S/c1-11-8-17(4-5-18(11)6-7-20-3)9-13-10-21-14(16-13)15-12(2)19/h10-11H,4-9H2,1-3H3,(H,15,16,19). The molecule has 0 aliphatic carbocycles. The number of nitrogens with one attached hydrogen (secondary N) is 1. The summed E-state index contributed by atoms with van der Waals surface area (Å²) in [4.78, 5) is 20.3. The van der Waals surface area contributed by atoms with Crippen molar-refractivity contribution in [3.05, 3.63) is 11.1 Å². The van der Waals surface area contributed by atoms with Crippen molar-refractivity contribution in [2.75, 3.05) is 45.2 Å². The summed E-state index contributed by atoms with van der Waals surface area (Å²) in [5.74, 6) is -0.0729. The molecule has 1 aromatic heterocycles. The maximum Gasteiger partial charge on any atom is 0.223 e. The van der Waals surface area contributed by atoms with Gasteiger partial charge in [-0.25, -0.2) is 4.98 Å². The lowest BCUT2D eigenvalue weighted by molar-refractivity contribution is -0.114. The zero-order valence-electron chi connectivity index (χ0n) is 13.0. The van der Waals surface area contributed by atoms with Crippen molar-refractivity contribution >= 4 is 22.4 Å². The smallest absolute Gasteiger partial charge is 0.223 e. The fourth-order valence-electron chi connectivity index (χ4n) is 2.57. The molecule has 0 saturated carbocycles. The molecule has 2 rings (SSSR count). The summed E-state index contributed by atoms with van der Waals surface area (Å²) in [5.41, 5.74) is 1.03. The summed E-state index contributed by atoms with van der Waals surface area (Å²) in [6, 6.07) is 0.530. The van der Waals surface area contributed by atoms with E-state index in [4.69, 9.17) is 4.74 Å². The van der Waals surface area contributed by atoms with Gasteiger partial charge in [0.2, 0.25) is 5.91 Å². The SMILES string of the molecule is COCCN1CCN(Cc2csc(NC(C)=O)n2)CC1C. The molecule has 1 aliphatic heterocycles. The number of piperazine rings is 1. The van der Waals surface area contributed by atoms with Crippen molar-refractivity contribution in [1.82, 2.24) is 14.8 Å². The summed E-state index contributed by atoms with van der Waals surface area (Å²) >= 11 is 1.48. The maximum atomic E-state index is 11.0. The van der Waals surface area contributed by atoms with E-state index in [-0.39, 0.29) is 5.91 Å². The normalized spacial score (nSPS) is 20.6. The number of aromatic nitrogens is 1. The Morgan fingerprint density at radius 3 is 3.05 bits per heavy atom. The van der Waals surface area contributed by atoms with Crippen molar-refractivity contribution in [1.29, 1.82) is 0 Å². The number of hydrogen-bond acceptors (Lipinski definition) is 6. The number of carbonyl (C=O) groups excluding carboxylic acids is 1. The van der Waals surface area contributed by atoms with Gasteiger partial charge < -0.3 is 10.1 Å². The molecule has 1 atom stereocenters. The van der Waals surface area contributed by atoms with Crippen LogP contribution in [0.3, 0.4) is 0 Å². The number of nitrogens with zero attached hydrogens (tertiary/aromatic N) is 3. The van der Waals surface area contributed by atoms with Gasteiger partial charge in [-0.2, -0.15) is 0 Å². The number of carbonyl (C=O) groups is 1. The highest BCUT2D eigenvalue weighted by atomic mass is 32.1. The molecule has 0 bridgehead atoms. The minimum Gasteiger partial charge on any atom is -0.383 e. The largest absolute Gasteiger partial charge is 0.383 e. The van der Waals surface area contributed by atoms with Crippen molar-refractivity contribution in [3.8, 4) is 0 Å². The Labute approximate surface area is 130 Å². The Kier molecular flexibility index (Phi) is 6.10. The van der Waals surface area contributed by atoms with Crippen LogP contribution in [0.5, 0.6) is 0 Å². The molecule has 1 N–H and O–H groups in total. The average Bonchev–Trinajstić information content (AvgIpc) is 2.84. The van der Waals surface area contributed by atoms with Gasteiger partial charge in [0.1, 0.15) is 0 Å². The zero-order valence-corrected chi connectivity index (χ0v) is 13.8. The van der Waals surface area contributed by atoms with Crippen LogP contribution in [-0.4, -0.2) is 66.6 Å². The number of methoxy groups -OCH3 is 1. The van der Waals surface area contributed by atoms with E-state index in [0.29, 0.717) is 11.2 Å². The lowest BCUT2D eigenvalue weighted by atomic mass is 10.2. The minimum atomic E-state index is -0.0729. The molecule has 6 nitrogen and oxygen atoms in total. The van der Waals surface area contributed by atoms with Crippen LogP contribution in [0.2, 0.25) is 0 Å². The third-order valence-electron chi connectivity index (χ3n) is 3.65. The van der Waals surface area contributed by atoms with Crippen LogP contribution in [0.25, 0.3) is 0 Å². The van der Waals surface area contributed by atoms with E-state index in [1.54, 1.807) is 7.11 Å². The predicted octanol–water partition coefficient (Wildman–Crippen LogP) is 1.25. The summed E-state index contributed by atoms with van der Waals surface area (Å²) in [6.45, 7) is 9.53. The molecule has 118 valence electrons. The maximum absolute atomic E-state index is 11.0. The summed E-state index contributed by atoms with van der Waals surface area (Å²) in [5, 5.41) is 5.43. The van der Waals surface area contributed by atoms with E-state index in [1.165, 1.54) is 18.3 Å². The van der Waals surface area contributed by atoms with Crippen molar-refractivity contribution < 1.29 is 9.53 Å². The molecule has 1 unspecified atom stereocenters. The van der Waals surface area contributed by atoms with Crippen LogP contribution >= 0.6 is 11.3 Å². The molecule has 1 amide bonds. The van der Waals surface area contributed by atoms with Gasteiger partial charge in [0, 0.05) is 58.2 Å². The van der Waals surface area contributed by atoms with Crippen LogP contribution in [0, 0.1) is 0 Å². The van der Waals surface area contributed by atoms with Crippen LogP contribution in [0.1, 0.15) is 19.5 Å². The third kappa shape index (κ3) is 5.03. The topological polar surface area (TPSA) is 57.7 Å². The molecule has 0 radical (unpaired) electrons. The first-order valence-electron chi connectivity index (χ1n) is 7.26. The molecular weight excluding hydrogens is 288 g/mol. The number of amides is 1. The lowest BCUT2D eigenvalue weighted by Gasteiger charge is -2.39. The summed E-state index contributed by atoms with van der Waals surface area (Å²) < 4.78 is 5.15. The van der Waals surface area contributed by atoms with E-state index in [1.807, 2.05) is 5.38 Å².